The molecule has 0 aliphatic heterocycles. The van der Waals surface area contributed by atoms with Crippen molar-refractivity contribution in [3.8, 4) is 0 Å². The maximum Gasteiger partial charge on any atom is 0.288 e. The summed E-state index contributed by atoms with van der Waals surface area (Å²) in [5.41, 5.74) is 5.36. The van der Waals surface area contributed by atoms with Crippen molar-refractivity contribution in [2.24, 2.45) is 0 Å². The van der Waals surface area contributed by atoms with Crippen LogP contribution in [0.5, 0.6) is 0 Å². The number of aromatic nitrogens is 1. The molecule has 0 spiro atoms. The van der Waals surface area contributed by atoms with Crippen LogP contribution in [0.3, 0.4) is 0 Å². The fourth-order valence-corrected chi connectivity index (χ4v) is 1.64. The first-order valence-electron chi connectivity index (χ1n) is 4.98. The molecule has 1 amide bonds. The van der Waals surface area contributed by atoms with Gasteiger partial charge in [0.05, 0.1) is 0 Å². The summed E-state index contributed by atoms with van der Waals surface area (Å²) in [4.78, 5) is 15.7. The molecule has 0 bridgehead atoms. The molecule has 92 valence electrons. The van der Waals surface area contributed by atoms with Gasteiger partial charge in [-0.15, -0.1) is 0 Å². The second-order valence-corrected chi connectivity index (χ2v) is 4.77. The van der Waals surface area contributed by atoms with Gasteiger partial charge in [-0.3, -0.25) is 15.6 Å². The molecular weight excluding hydrogens is 304 g/mol. The quantitative estimate of drug-likeness (QED) is 0.437. The van der Waals surface area contributed by atoms with Crippen molar-refractivity contribution in [3.05, 3.63) is 28.5 Å². The molecule has 0 radical (unpaired) electrons. The van der Waals surface area contributed by atoms with E-state index in [0.717, 1.165) is 0 Å². The first-order valence-corrected chi connectivity index (χ1v) is 6.18. The highest BCUT2D eigenvalue weighted by atomic mass is 79.9. The van der Waals surface area contributed by atoms with E-state index in [1.807, 2.05) is 13.8 Å². The van der Waals surface area contributed by atoms with Crippen LogP contribution < -0.4 is 16.2 Å². The molecule has 1 heterocycles. The highest BCUT2D eigenvalue weighted by Crippen LogP contribution is 2.05. The Morgan fingerprint density at radius 3 is 2.71 bits per heavy atom. The van der Waals surface area contributed by atoms with Crippen LogP contribution in [0, 0.1) is 0 Å². The minimum atomic E-state index is -0.348. The van der Waals surface area contributed by atoms with Crippen molar-refractivity contribution >= 4 is 39.2 Å². The molecule has 1 rings (SSSR count). The molecule has 0 saturated carbocycles. The molecule has 0 atom stereocenters. The molecule has 3 N–H and O–H groups in total. The first-order chi connectivity index (χ1) is 7.99. The fourth-order valence-electron chi connectivity index (χ4n) is 1.01. The summed E-state index contributed by atoms with van der Waals surface area (Å²) in [6.45, 7) is 3.90. The Labute approximate surface area is 113 Å². The number of halogens is 1. The number of hydrazine groups is 1. The Kier molecular flexibility index (Phi) is 5.30. The second kappa shape index (κ2) is 6.51. The van der Waals surface area contributed by atoms with E-state index in [-0.39, 0.29) is 11.9 Å². The highest BCUT2D eigenvalue weighted by Gasteiger charge is 2.07. The van der Waals surface area contributed by atoms with Gasteiger partial charge >= 0.3 is 0 Å². The monoisotopic (exact) mass is 316 g/mol. The summed E-state index contributed by atoms with van der Waals surface area (Å²) >= 11 is 8.15. The number of amides is 1. The maximum atomic E-state index is 11.6. The van der Waals surface area contributed by atoms with Gasteiger partial charge in [0.2, 0.25) is 0 Å². The second-order valence-electron chi connectivity index (χ2n) is 3.55. The number of pyridine rings is 1. The summed E-state index contributed by atoms with van der Waals surface area (Å²) in [6, 6.07) is 5.29. The number of thiocarbonyl (C=S) groups is 1. The summed E-state index contributed by atoms with van der Waals surface area (Å²) in [6.07, 6.45) is 0. The van der Waals surface area contributed by atoms with Crippen molar-refractivity contribution in [1.82, 2.24) is 21.2 Å². The minimum Gasteiger partial charge on any atom is -0.359 e. The zero-order valence-corrected chi connectivity index (χ0v) is 11.9. The Bertz CT molecular complexity index is 425. The van der Waals surface area contributed by atoms with Crippen LogP contribution in [-0.2, 0) is 0 Å². The van der Waals surface area contributed by atoms with Gasteiger partial charge in [-0.1, -0.05) is 6.07 Å². The largest absolute Gasteiger partial charge is 0.359 e. The lowest BCUT2D eigenvalue weighted by Gasteiger charge is -2.13. The van der Waals surface area contributed by atoms with Gasteiger partial charge in [0.25, 0.3) is 5.91 Å². The van der Waals surface area contributed by atoms with Gasteiger partial charge in [-0.25, -0.2) is 4.98 Å². The third-order valence-electron chi connectivity index (χ3n) is 1.66. The zero-order chi connectivity index (χ0) is 12.8. The summed E-state index contributed by atoms with van der Waals surface area (Å²) in [7, 11) is 0. The van der Waals surface area contributed by atoms with E-state index < -0.39 is 0 Å². The van der Waals surface area contributed by atoms with Crippen LogP contribution in [0.2, 0.25) is 0 Å². The van der Waals surface area contributed by atoms with Crippen molar-refractivity contribution in [2.45, 2.75) is 19.9 Å². The molecular formula is C10H13BrN4OS. The molecule has 0 saturated heterocycles. The molecule has 0 fully saturated rings. The highest BCUT2D eigenvalue weighted by molar-refractivity contribution is 9.10. The normalized spacial score (nSPS) is 9.88. The van der Waals surface area contributed by atoms with Gasteiger partial charge in [0, 0.05) is 6.04 Å². The predicted molar refractivity (Wildman–Crippen MR) is 73.4 cm³/mol. The van der Waals surface area contributed by atoms with E-state index in [4.69, 9.17) is 12.2 Å². The summed E-state index contributed by atoms with van der Waals surface area (Å²) in [5.74, 6) is -0.348. The average molecular weight is 317 g/mol. The smallest absolute Gasteiger partial charge is 0.288 e. The Balaban J connectivity index is 2.48. The van der Waals surface area contributed by atoms with Gasteiger partial charge in [-0.05, 0) is 54.1 Å². The Morgan fingerprint density at radius 1 is 1.41 bits per heavy atom. The molecule has 5 nitrogen and oxygen atoms in total. The van der Waals surface area contributed by atoms with Crippen LogP contribution in [0.4, 0.5) is 0 Å². The van der Waals surface area contributed by atoms with E-state index in [1.165, 1.54) is 0 Å². The van der Waals surface area contributed by atoms with Crippen LogP contribution in [0.1, 0.15) is 24.3 Å². The van der Waals surface area contributed by atoms with Crippen molar-refractivity contribution in [3.63, 3.8) is 0 Å². The number of carbonyl (C=O) groups is 1. The Morgan fingerprint density at radius 2 is 2.12 bits per heavy atom. The number of carbonyl (C=O) groups excluding carboxylic acids is 1. The van der Waals surface area contributed by atoms with Crippen LogP contribution in [-0.4, -0.2) is 22.0 Å². The molecule has 0 aromatic carbocycles. The van der Waals surface area contributed by atoms with E-state index >= 15 is 0 Å². The average Bonchev–Trinajstić information content (AvgIpc) is 2.25. The van der Waals surface area contributed by atoms with Crippen LogP contribution >= 0.6 is 28.1 Å². The van der Waals surface area contributed by atoms with Crippen LogP contribution in [0.15, 0.2) is 22.8 Å². The topological polar surface area (TPSA) is 66.0 Å². The molecule has 1 aromatic heterocycles. The van der Waals surface area contributed by atoms with Gasteiger partial charge in [-0.2, -0.15) is 0 Å². The number of nitrogens with zero attached hydrogens (tertiary/aromatic N) is 1. The minimum absolute atomic E-state index is 0.205. The van der Waals surface area contributed by atoms with E-state index in [0.29, 0.717) is 15.4 Å². The van der Waals surface area contributed by atoms with Crippen molar-refractivity contribution in [1.29, 1.82) is 0 Å². The van der Waals surface area contributed by atoms with Crippen LogP contribution in [0.25, 0.3) is 0 Å². The lowest BCUT2D eigenvalue weighted by Crippen LogP contribution is -2.48. The SMILES string of the molecule is CC(C)NC(=S)NNC(=O)c1cccc(Br)n1. The lowest BCUT2D eigenvalue weighted by atomic mass is 10.3. The molecule has 7 heteroatoms. The molecule has 0 aliphatic rings. The summed E-state index contributed by atoms with van der Waals surface area (Å²) < 4.78 is 0.605. The first kappa shape index (κ1) is 13.9. The van der Waals surface area contributed by atoms with E-state index in [2.05, 4.69) is 37.1 Å². The van der Waals surface area contributed by atoms with Gasteiger partial charge in [0.15, 0.2) is 5.11 Å². The van der Waals surface area contributed by atoms with E-state index in [1.54, 1.807) is 18.2 Å². The fraction of sp³-hybridized carbons (Fsp3) is 0.300. The van der Waals surface area contributed by atoms with Gasteiger partial charge < -0.3 is 5.32 Å². The Hall–Kier alpha value is -1.21. The number of nitrogens with one attached hydrogen (secondary N) is 3. The zero-order valence-electron chi connectivity index (χ0n) is 9.45. The third-order valence-corrected chi connectivity index (χ3v) is 2.32. The van der Waals surface area contributed by atoms with Crippen molar-refractivity contribution in [2.75, 3.05) is 0 Å². The predicted octanol–water partition coefficient (Wildman–Crippen LogP) is 1.36. The molecule has 0 aliphatic carbocycles. The van der Waals surface area contributed by atoms with Gasteiger partial charge in [0.1, 0.15) is 10.3 Å². The molecule has 1 aromatic rings. The molecule has 0 unspecified atom stereocenters. The lowest BCUT2D eigenvalue weighted by molar-refractivity contribution is 0.0938. The number of rotatable bonds is 2. The summed E-state index contributed by atoms with van der Waals surface area (Å²) in [5, 5.41) is 3.30. The standard InChI is InChI=1S/C10H13BrN4OS/c1-6(2)12-10(17)15-14-9(16)7-4-3-5-8(11)13-7/h3-6H,1-2H3,(H,14,16)(H2,12,15,17). The van der Waals surface area contributed by atoms with E-state index in [9.17, 15) is 4.79 Å². The molecule has 17 heavy (non-hydrogen) atoms. The maximum absolute atomic E-state index is 11.6. The number of hydrogen-bond donors (Lipinski definition) is 3. The number of hydrogen-bond acceptors (Lipinski definition) is 3. The third kappa shape index (κ3) is 5.10. The van der Waals surface area contributed by atoms with Crippen molar-refractivity contribution < 1.29 is 4.79 Å².